The molecule has 76 valence electrons. The highest BCUT2D eigenvalue weighted by Gasteiger charge is 2.33. The molecule has 0 fully saturated rings. The highest BCUT2D eigenvalue weighted by molar-refractivity contribution is 6.99. The molecule has 0 aliphatic carbocycles. The van der Waals surface area contributed by atoms with Crippen LogP contribution in [-0.2, 0) is 0 Å². The van der Waals surface area contributed by atoms with Crippen LogP contribution in [0.15, 0.2) is 0 Å². The zero-order valence-electron chi connectivity index (χ0n) is 7.34. The molecule has 0 N–H and O–H groups in total. The topological polar surface area (TPSA) is 35.0 Å². The summed E-state index contributed by atoms with van der Waals surface area (Å²) in [5.41, 5.74) is 0.146. The first-order valence-electron chi connectivity index (χ1n) is 3.54. The summed E-state index contributed by atoms with van der Waals surface area (Å²) in [7, 11) is 0. The molecule has 0 aliphatic rings. The number of hydrogen-bond donors (Lipinski definition) is 0. The van der Waals surface area contributed by atoms with Crippen molar-refractivity contribution in [2.45, 2.75) is 27.1 Å². The Morgan fingerprint density at radius 3 is 2.08 bits per heavy atom. The Morgan fingerprint density at radius 1 is 1.23 bits per heavy atom. The zero-order valence-corrected chi connectivity index (χ0v) is 8.16. The molecule has 1 heterocycles. The van der Waals surface area contributed by atoms with Crippen LogP contribution < -0.4 is 4.74 Å². The van der Waals surface area contributed by atoms with Gasteiger partial charge in [0.15, 0.2) is 0 Å². The van der Waals surface area contributed by atoms with E-state index >= 15 is 0 Å². The summed E-state index contributed by atoms with van der Waals surface area (Å²) < 4.78 is 44.8. The molecule has 0 spiro atoms. The highest BCUT2D eigenvalue weighted by Crippen LogP contribution is 2.23. The summed E-state index contributed by atoms with van der Waals surface area (Å²) in [6.45, 7) is 5.39. The number of nitrogens with zero attached hydrogens (tertiary/aromatic N) is 2. The van der Waals surface area contributed by atoms with E-state index in [1.54, 1.807) is 0 Å². The SMILES string of the molecule is CC.Cc1nsnc1OC(F)(F)F. The van der Waals surface area contributed by atoms with Gasteiger partial charge in [-0.1, -0.05) is 13.8 Å². The summed E-state index contributed by atoms with van der Waals surface area (Å²) in [4.78, 5) is 0. The average molecular weight is 214 g/mol. The maximum atomic E-state index is 11.5. The van der Waals surface area contributed by atoms with E-state index in [0.29, 0.717) is 11.7 Å². The van der Waals surface area contributed by atoms with Crippen LogP contribution in [0.25, 0.3) is 0 Å². The molecule has 3 nitrogen and oxygen atoms in total. The number of aryl methyl sites for hydroxylation is 1. The van der Waals surface area contributed by atoms with Crippen molar-refractivity contribution in [1.29, 1.82) is 0 Å². The van der Waals surface area contributed by atoms with Crippen LogP contribution in [0.2, 0.25) is 0 Å². The first kappa shape index (κ1) is 12.2. The molecule has 0 aliphatic heterocycles. The van der Waals surface area contributed by atoms with Crippen LogP contribution in [0.4, 0.5) is 13.2 Å². The Morgan fingerprint density at radius 2 is 1.77 bits per heavy atom. The van der Waals surface area contributed by atoms with Gasteiger partial charge in [0.1, 0.15) is 5.69 Å². The van der Waals surface area contributed by atoms with Crippen molar-refractivity contribution < 1.29 is 17.9 Å². The quantitative estimate of drug-likeness (QED) is 0.721. The Kier molecular flexibility index (Phi) is 4.68. The normalized spacial score (nSPS) is 10.3. The predicted molar refractivity (Wildman–Crippen MR) is 42.7 cm³/mol. The fourth-order valence-electron chi connectivity index (χ4n) is 0.426. The fourth-order valence-corrected chi connectivity index (χ4v) is 0.911. The van der Waals surface area contributed by atoms with Crippen molar-refractivity contribution in [3.05, 3.63) is 5.69 Å². The van der Waals surface area contributed by atoms with E-state index in [1.165, 1.54) is 6.92 Å². The minimum atomic E-state index is -4.68. The number of rotatable bonds is 1. The van der Waals surface area contributed by atoms with Gasteiger partial charge in [0.2, 0.25) is 0 Å². The molecule has 13 heavy (non-hydrogen) atoms. The van der Waals surface area contributed by atoms with Crippen molar-refractivity contribution in [2.24, 2.45) is 0 Å². The third kappa shape index (κ3) is 4.66. The van der Waals surface area contributed by atoms with Gasteiger partial charge in [-0.2, -0.15) is 4.37 Å². The van der Waals surface area contributed by atoms with E-state index in [2.05, 4.69) is 13.5 Å². The number of ether oxygens (including phenoxy) is 1. The second kappa shape index (κ2) is 5.00. The monoisotopic (exact) mass is 214 g/mol. The van der Waals surface area contributed by atoms with Gasteiger partial charge in [-0.3, -0.25) is 0 Å². The van der Waals surface area contributed by atoms with Gasteiger partial charge in [-0.15, -0.1) is 17.5 Å². The van der Waals surface area contributed by atoms with Crippen LogP contribution in [0.1, 0.15) is 19.5 Å². The van der Waals surface area contributed by atoms with Gasteiger partial charge >= 0.3 is 6.36 Å². The van der Waals surface area contributed by atoms with E-state index in [9.17, 15) is 13.2 Å². The summed E-state index contributed by atoms with van der Waals surface area (Å²) in [5, 5.41) is 0. The minimum absolute atomic E-state index is 0.146. The molecular weight excluding hydrogens is 205 g/mol. The third-order valence-corrected chi connectivity index (χ3v) is 1.43. The molecule has 1 rings (SSSR count). The molecule has 0 amide bonds. The van der Waals surface area contributed by atoms with Crippen molar-refractivity contribution in [2.75, 3.05) is 0 Å². The molecule has 0 aromatic carbocycles. The molecule has 1 aromatic heterocycles. The number of alkyl halides is 3. The lowest BCUT2D eigenvalue weighted by Crippen LogP contribution is -2.17. The van der Waals surface area contributed by atoms with Crippen LogP contribution in [-0.4, -0.2) is 15.1 Å². The van der Waals surface area contributed by atoms with Crippen molar-refractivity contribution in [3.8, 4) is 5.88 Å². The molecule has 0 bridgehead atoms. The standard InChI is InChI=1S/C4H3F3N2OS.C2H6/c1-2-3(9-11-8-2)10-4(5,6)7;1-2/h1H3;1-2H3. The average Bonchev–Trinajstić information content (AvgIpc) is 2.38. The molecule has 0 radical (unpaired) electrons. The zero-order chi connectivity index (χ0) is 10.5. The summed E-state index contributed by atoms with van der Waals surface area (Å²) in [6, 6.07) is 0. The molecule has 1 aromatic rings. The summed E-state index contributed by atoms with van der Waals surface area (Å²) in [6.07, 6.45) is -4.68. The minimum Gasteiger partial charge on any atom is -0.385 e. The Balaban J connectivity index is 0.000000671. The van der Waals surface area contributed by atoms with E-state index in [-0.39, 0.29) is 5.69 Å². The molecule has 0 atom stereocenters. The second-order valence-electron chi connectivity index (χ2n) is 1.70. The first-order chi connectivity index (χ1) is 5.99. The van der Waals surface area contributed by atoms with Gasteiger partial charge < -0.3 is 4.74 Å². The molecule has 0 unspecified atom stereocenters. The molecule has 7 heteroatoms. The lowest BCUT2D eigenvalue weighted by atomic mass is 10.5. The van der Waals surface area contributed by atoms with Crippen LogP contribution >= 0.6 is 11.7 Å². The third-order valence-electron chi connectivity index (χ3n) is 0.823. The Bertz CT molecular complexity index is 248. The van der Waals surface area contributed by atoms with Crippen molar-refractivity contribution in [3.63, 3.8) is 0 Å². The second-order valence-corrected chi connectivity index (χ2v) is 2.23. The smallest absolute Gasteiger partial charge is 0.385 e. The van der Waals surface area contributed by atoms with E-state index in [1.807, 2.05) is 13.8 Å². The molecule has 0 saturated carbocycles. The maximum Gasteiger partial charge on any atom is 0.574 e. The van der Waals surface area contributed by atoms with Crippen molar-refractivity contribution >= 4 is 11.7 Å². The van der Waals surface area contributed by atoms with Gasteiger partial charge in [0, 0.05) is 0 Å². The van der Waals surface area contributed by atoms with E-state index in [4.69, 9.17) is 0 Å². The summed E-state index contributed by atoms with van der Waals surface area (Å²) in [5.74, 6) is -0.470. The number of hydrogen-bond acceptors (Lipinski definition) is 4. The van der Waals surface area contributed by atoms with Crippen LogP contribution in [0.3, 0.4) is 0 Å². The van der Waals surface area contributed by atoms with Crippen LogP contribution in [0, 0.1) is 6.92 Å². The molecule has 0 saturated heterocycles. The largest absolute Gasteiger partial charge is 0.574 e. The fraction of sp³-hybridized carbons (Fsp3) is 0.667. The van der Waals surface area contributed by atoms with Gasteiger partial charge in [-0.25, -0.2) is 0 Å². The van der Waals surface area contributed by atoms with E-state index < -0.39 is 12.2 Å². The number of halogens is 3. The predicted octanol–water partition coefficient (Wildman–Crippen LogP) is 2.77. The van der Waals surface area contributed by atoms with E-state index in [0.717, 1.165) is 0 Å². The molecular formula is C6H9F3N2OS. The van der Waals surface area contributed by atoms with Crippen LogP contribution in [0.5, 0.6) is 5.88 Å². The van der Waals surface area contributed by atoms with Gasteiger partial charge in [0.05, 0.1) is 11.7 Å². The van der Waals surface area contributed by atoms with Gasteiger partial charge in [-0.05, 0) is 6.92 Å². The lowest BCUT2D eigenvalue weighted by molar-refractivity contribution is -0.276. The van der Waals surface area contributed by atoms with Crippen molar-refractivity contribution in [1.82, 2.24) is 8.75 Å². The Labute approximate surface area is 77.9 Å². The number of aromatic nitrogens is 2. The Hall–Kier alpha value is -0.850. The first-order valence-corrected chi connectivity index (χ1v) is 4.27. The van der Waals surface area contributed by atoms with Gasteiger partial charge in [0.25, 0.3) is 5.88 Å². The maximum absolute atomic E-state index is 11.5. The highest BCUT2D eigenvalue weighted by atomic mass is 32.1. The lowest BCUT2D eigenvalue weighted by Gasteiger charge is -2.04. The summed E-state index contributed by atoms with van der Waals surface area (Å²) >= 11 is 0.682.